The molecule has 4 aliphatic carbocycles. The van der Waals surface area contributed by atoms with Crippen LogP contribution in [0.5, 0.6) is 0 Å². The van der Waals surface area contributed by atoms with Gasteiger partial charge in [0.15, 0.2) is 6.29 Å². The second-order valence-electron chi connectivity index (χ2n) is 12.6. The minimum absolute atomic E-state index is 0.0624. The maximum Gasteiger partial charge on any atom is 0.157 e. The van der Waals surface area contributed by atoms with E-state index in [1.807, 2.05) is 0 Å². The Labute approximate surface area is 205 Å². The van der Waals surface area contributed by atoms with Gasteiger partial charge in [0.1, 0.15) is 0 Å². The average molecular weight is 508 g/mol. The molecule has 1 saturated heterocycles. The van der Waals surface area contributed by atoms with Gasteiger partial charge >= 0.3 is 0 Å². The predicted octanol–water partition coefficient (Wildman–Crippen LogP) is 8.29. The summed E-state index contributed by atoms with van der Waals surface area (Å²) in [5, 5.41) is 1.17. The number of ether oxygens (including phenoxy) is 2. The molecule has 3 saturated carbocycles. The topological polar surface area (TPSA) is 18.5 Å². The molecule has 3 heteroatoms. The Bertz CT molecular complexity index is 685. The quantitative estimate of drug-likeness (QED) is 0.266. The van der Waals surface area contributed by atoms with Crippen LogP contribution in [-0.2, 0) is 9.47 Å². The molecule has 1 heterocycles. The van der Waals surface area contributed by atoms with Crippen molar-refractivity contribution in [3.63, 3.8) is 0 Å². The number of halogens is 1. The molecule has 0 amide bonds. The van der Waals surface area contributed by atoms with Gasteiger partial charge in [0, 0.05) is 11.9 Å². The zero-order valence-corrected chi connectivity index (χ0v) is 22.5. The van der Waals surface area contributed by atoms with Crippen molar-refractivity contribution in [2.45, 2.75) is 117 Å². The van der Waals surface area contributed by atoms with Crippen molar-refractivity contribution in [1.29, 1.82) is 0 Å². The Kier molecular flexibility index (Phi) is 7.20. The van der Waals surface area contributed by atoms with Gasteiger partial charge in [-0.05, 0) is 124 Å². The van der Waals surface area contributed by atoms with E-state index in [0.717, 1.165) is 49.0 Å². The average Bonchev–Trinajstić information content (AvgIpc) is 3.16. The molecule has 32 heavy (non-hydrogen) atoms. The molecule has 5 aliphatic rings. The van der Waals surface area contributed by atoms with Gasteiger partial charge in [-0.15, -0.1) is 0 Å². The van der Waals surface area contributed by atoms with Crippen LogP contribution in [0.15, 0.2) is 11.6 Å². The lowest BCUT2D eigenvalue weighted by molar-refractivity contribution is -0.195. The number of alkyl halides is 1. The molecule has 0 radical (unpaired) electrons. The Morgan fingerprint density at radius 2 is 1.97 bits per heavy atom. The summed E-state index contributed by atoms with van der Waals surface area (Å²) in [5.41, 5.74) is 2.76. The number of hydrogen-bond donors (Lipinski definition) is 0. The normalized spacial score (nSPS) is 47.2. The fourth-order valence-electron chi connectivity index (χ4n) is 9.35. The van der Waals surface area contributed by atoms with Crippen LogP contribution >= 0.6 is 15.9 Å². The van der Waals surface area contributed by atoms with E-state index in [4.69, 9.17) is 9.47 Å². The first-order chi connectivity index (χ1) is 15.5. The van der Waals surface area contributed by atoms with Crippen LogP contribution in [0.25, 0.3) is 0 Å². The predicted molar refractivity (Wildman–Crippen MR) is 136 cm³/mol. The van der Waals surface area contributed by atoms with Gasteiger partial charge in [-0.3, -0.25) is 0 Å². The summed E-state index contributed by atoms with van der Waals surface area (Å²) in [6.07, 6.45) is 20.4. The molecular weight excluding hydrogens is 460 g/mol. The first-order valence-electron chi connectivity index (χ1n) is 14.0. The highest BCUT2D eigenvalue weighted by Gasteiger charge is 2.59. The van der Waals surface area contributed by atoms with Gasteiger partial charge in [0.25, 0.3) is 0 Å². The Balaban J connectivity index is 1.28. The van der Waals surface area contributed by atoms with Crippen LogP contribution < -0.4 is 0 Å². The van der Waals surface area contributed by atoms with Crippen LogP contribution in [0, 0.1) is 40.4 Å². The third-order valence-corrected chi connectivity index (χ3v) is 11.7. The molecule has 4 fully saturated rings. The summed E-state index contributed by atoms with van der Waals surface area (Å²) in [5.74, 6) is 4.63. The fraction of sp³-hybridized carbons (Fsp3) is 0.931. The smallest absolute Gasteiger partial charge is 0.157 e. The lowest BCUT2D eigenvalue weighted by Crippen LogP contribution is -2.51. The number of rotatable bonds is 6. The van der Waals surface area contributed by atoms with E-state index in [2.05, 4.69) is 42.8 Å². The minimum atomic E-state index is 0.0624. The van der Waals surface area contributed by atoms with Crippen LogP contribution in [0.2, 0.25) is 0 Å². The second kappa shape index (κ2) is 9.65. The number of fused-ring (bicyclic) bond motifs is 5. The molecule has 0 aromatic heterocycles. The minimum Gasteiger partial charge on any atom is -0.353 e. The van der Waals surface area contributed by atoms with Crippen molar-refractivity contribution in [1.82, 2.24) is 0 Å². The highest BCUT2D eigenvalue weighted by molar-refractivity contribution is 9.09. The maximum atomic E-state index is 6.45. The van der Waals surface area contributed by atoms with Crippen molar-refractivity contribution in [3.8, 4) is 0 Å². The number of allylic oxidation sites excluding steroid dienone is 1. The monoisotopic (exact) mass is 506 g/mol. The van der Waals surface area contributed by atoms with Gasteiger partial charge in [0.2, 0.25) is 0 Å². The summed E-state index contributed by atoms with van der Waals surface area (Å²) < 4.78 is 12.3. The van der Waals surface area contributed by atoms with Crippen LogP contribution in [-0.4, -0.2) is 24.3 Å². The summed E-state index contributed by atoms with van der Waals surface area (Å²) in [6.45, 7) is 8.78. The first kappa shape index (κ1) is 23.9. The van der Waals surface area contributed by atoms with Crippen molar-refractivity contribution in [3.05, 3.63) is 11.6 Å². The van der Waals surface area contributed by atoms with Gasteiger partial charge in [-0.1, -0.05) is 48.4 Å². The zero-order chi connectivity index (χ0) is 22.3. The van der Waals surface area contributed by atoms with E-state index >= 15 is 0 Å². The fourth-order valence-corrected chi connectivity index (χ4v) is 9.68. The largest absolute Gasteiger partial charge is 0.353 e. The van der Waals surface area contributed by atoms with Gasteiger partial charge in [-0.2, -0.15) is 0 Å². The third-order valence-electron chi connectivity index (χ3n) is 11.1. The van der Waals surface area contributed by atoms with Gasteiger partial charge < -0.3 is 9.47 Å². The van der Waals surface area contributed by atoms with E-state index in [1.165, 1.54) is 76.0 Å². The van der Waals surface area contributed by atoms with Gasteiger partial charge in [0.05, 0.1) is 6.10 Å². The summed E-state index contributed by atoms with van der Waals surface area (Å²) in [6, 6.07) is 0. The molecule has 1 unspecified atom stereocenters. The molecule has 9 atom stereocenters. The molecule has 0 N–H and O–H groups in total. The SMILES string of the molecule is C[C@H](CCCBr)[C@H]1CC[C@H]2[C@@H]3CC=C4C[C@@H](OC5CCCCO5)CC[C@]4(C)[C@H]3CC[C@]12C. The molecule has 0 bridgehead atoms. The Hall–Kier alpha value is 0.140. The summed E-state index contributed by atoms with van der Waals surface area (Å²) in [4.78, 5) is 0. The van der Waals surface area contributed by atoms with Crippen LogP contribution in [0.4, 0.5) is 0 Å². The van der Waals surface area contributed by atoms with E-state index in [0.29, 0.717) is 16.9 Å². The first-order valence-corrected chi connectivity index (χ1v) is 15.1. The summed E-state index contributed by atoms with van der Waals surface area (Å²) in [7, 11) is 0. The molecule has 1 aliphatic heterocycles. The Morgan fingerprint density at radius 3 is 2.75 bits per heavy atom. The third kappa shape index (κ3) is 4.19. The Morgan fingerprint density at radius 1 is 1.09 bits per heavy atom. The highest BCUT2D eigenvalue weighted by atomic mass is 79.9. The molecule has 0 aromatic carbocycles. The molecule has 182 valence electrons. The molecule has 5 rings (SSSR count). The van der Waals surface area contributed by atoms with Crippen molar-refractivity contribution in [2.75, 3.05) is 11.9 Å². The highest BCUT2D eigenvalue weighted by Crippen LogP contribution is 2.67. The molecular formula is C29H47BrO2. The van der Waals surface area contributed by atoms with E-state index < -0.39 is 0 Å². The van der Waals surface area contributed by atoms with Gasteiger partial charge in [-0.25, -0.2) is 0 Å². The van der Waals surface area contributed by atoms with Crippen LogP contribution in [0.3, 0.4) is 0 Å². The second-order valence-corrected chi connectivity index (χ2v) is 13.4. The van der Waals surface area contributed by atoms with E-state index in [-0.39, 0.29) is 6.29 Å². The van der Waals surface area contributed by atoms with Crippen molar-refractivity contribution < 1.29 is 9.47 Å². The van der Waals surface area contributed by atoms with Crippen LogP contribution in [0.1, 0.15) is 104 Å². The maximum absolute atomic E-state index is 6.45. The van der Waals surface area contributed by atoms with E-state index in [9.17, 15) is 0 Å². The van der Waals surface area contributed by atoms with Crippen molar-refractivity contribution in [2.24, 2.45) is 40.4 Å². The van der Waals surface area contributed by atoms with E-state index in [1.54, 1.807) is 5.57 Å². The number of hydrogen-bond acceptors (Lipinski definition) is 2. The standard InChI is InChI=1S/C29H47BrO2/c1-20(7-6-17-30)24-11-12-25-23-10-9-21-19-22(32-27-8-4-5-18-31-27)13-15-28(21,2)26(23)14-16-29(24,25)3/h9,20,22-27H,4-8,10-19H2,1-3H3/t20-,22+,23+,24-,25+,26+,27?,28+,29-/m1/s1. The molecule has 0 aromatic rings. The van der Waals surface area contributed by atoms with Crippen molar-refractivity contribution >= 4 is 15.9 Å². The summed E-state index contributed by atoms with van der Waals surface area (Å²) >= 11 is 3.66. The molecule has 2 nitrogen and oxygen atoms in total. The molecule has 0 spiro atoms. The lowest BCUT2D eigenvalue weighted by atomic mass is 9.47. The zero-order valence-electron chi connectivity index (χ0n) is 20.9. The lowest BCUT2D eigenvalue weighted by Gasteiger charge is -2.58.